The molecule has 3 fully saturated rings. The number of anilines is 1. The molecule has 2 aromatic carbocycles. The van der Waals surface area contributed by atoms with Crippen molar-refractivity contribution in [2.45, 2.75) is 36.7 Å². The smallest absolute Gasteiger partial charge is 0.339 e. The lowest BCUT2D eigenvalue weighted by Gasteiger charge is -2.31. The molecule has 2 aromatic rings. The number of β-lactam (4-membered cyclic amide) rings is 1. The maximum Gasteiger partial charge on any atom is 0.339 e. The van der Waals surface area contributed by atoms with Gasteiger partial charge in [0, 0.05) is 42.7 Å². The van der Waals surface area contributed by atoms with Gasteiger partial charge in [-0.05, 0) is 31.0 Å². The van der Waals surface area contributed by atoms with Crippen LogP contribution in [0.2, 0.25) is 0 Å². The number of carbonyl (C=O) groups excluding carboxylic acids is 3. The van der Waals surface area contributed by atoms with E-state index >= 15 is 4.39 Å². The van der Waals surface area contributed by atoms with E-state index in [1.807, 2.05) is 12.1 Å². The molecule has 31 heavy (non-hydrogen) atoms. The number of esters is 1. The minimum absolute atomic E-state index is 0.0156. The number of hydrogen-bond donors (Lipinski definition) is 0. The predicted molar refractivity (Wildman–Crippen MR) is 109 cm³/mol. The van der Waals surface area contributed by atoms with Crippen molar-refractivity contribution in [1.29, 1.82) is 0 Å². The lowest BCUT2D eigenvalue weighted by atomic mass is 9.91. The van der Waals surface area contributed by atoms with Gasteiger partial charge in [0.25, 0.3) is 0 Å². The van der Waals surface area contributed by atoms with Crippen LogP contribution >= 0.6 is 0 Å². The summed E-state index contributed by atoms with van der Waals surface area (Å²) in [5.41, 5.74) is 0.638. The number of halogens is 1. The summed E-state index contributed by atoms with van der Waals surface area (Å²) >= 11 is 0. The van der Waals surface area contributed by atoms with Gasteiger partial charge in [-0.1, -0.05) is 24.3 Å². The third kappa shape index (κ3) is 2.52. The number of hydrogen-bond acceptors (Lipinski definition) is 4. The van der Waals surface area contributed by atoms with Crippen LogP contribution in [0.3, 0.4) is 0 Å². The van der Waals surface area contributed by atoms with Crippen LogP contribution in [0, 0.1) is 5.82 Å². The molecule has 0 bridgehead atoms. The summed E-state index contributed by atoms with van der Waals surface area (Å²) in [7, 11) is 0. The third-order valence-corrected chi connectivity index (χ3v) is 7.23. The van der Waals surface area contributed by atoms with Crippen molar-refractivity contribution in [1.82, 2.24) is 4.90 Å². The van der Waals surface area contributed by atoms with Gasteiger partial charge < -0.3 is 14.5 Å². The van der Waals surface area contributed by atoms with Gasteiger partial charge in [-0.25, -0.2) is 9.18 Å². The second-order valence-electron chi connectivity index (χ2n) is 8.95. The van der Waals surface area contributed by atoms with Crippen LogP contribution in [-0.4, -0.2) is 42.3 Å². The van der Waals surface area contributed by atoms with Gasteiger partial charge in [0.2, 0.25) is 11.8 Å². The second-order valence-corrected chi connectivity index (χ2v) is 8.95. The molecule has 2 amide bonds. The average Bonchev–Trinajstić information content (AvgIpc) is 3.37. The lowest BCUT2D eigenvalue weighted by Crippen LogP contribution is -2.43. The van der Waals surface area contributed by atoms with Crippen molar-refractivity contribution in [3.8, 4) is 0 Å². The van der Waals surface area contributed by atoms with Crippen LogP contribution in [0.1, 0.15) is 47.2 Å². The quantitative estimate of drug-likeness (QED) is 0.566. The van der Waals surface area contributed by atoms with E-state index in [0.29, 0.717) is 55.6 Å². The Labute approximate surface area is 178 Å². The summed E-state index contributed by atoms with van der Waals surface area (Å²) in [4.78, 5) is 40.7. The van der Waals surface area contributed by atoms with Crippen LogP contribution in [-0.2, 0) is 25.3 Å². The number of fused-ring (bicyclic) bond motifs is 2. The Kier molecular flexibility index (Phi) is 3.68. The Morgan fingerprint density at radius 2 is 1.81 bits per heavy atom. The summed E-state index contributed by atoms with van der Waals surface area (Å²) in [6.45, 7) is 1.35. The largest absolute Gasteiger partial charge is 0.449 e. The highest BCUT2D eigenvalue weighted by Gasteiger charge is 2.58. The Balaban J connectivity index is 1.26. The fraction of sp³-hybridized carbons (Fsp3) is 0.375. The second kappa shape index (κ2) is 6.15. The zero-order chi connectivity index (χ0) is 21.4. The van der Waals surface area contributed by atoms with E-state index in [0.717, 1.165) is 5.56 Å². The maximum absolute atomic E-state index is 15.0. The van der Waals surface area contributed by atoms with Crippen LogP contribution in [0.5, 0.6) is 0 Å². The average molecular weight is 420 g/mol. The van der Waals surface area contributed by atoms with Gasteiger partial charge >= 0.3 is 5.97 Å². The molecule has 7 heteroatoms. The van der Waals surface area contributed by atoms with E-state index in [-0.39, 0.29) is 24.3 Å². The van der Waals surface area contributed by atoms with E-state index in [1.165, 1.54) is 6.07 Å². The molecule has 6 nitrogen and oxygen atoms in total. The van der Waals surface area contributed by atoms with Gasteiger partial charge in [-0.15, -0.1) is 0 Å². The molecule has 4 aliphatic rings. The highest BCUT2D eigenvalue weighted by Crippen LogP contribution is 2.53. The van der Waals surface area contributed by atoms with Gasteiger partial charge in [0.15, 0.2) is 5.60 Å². The summed E-state index contributed by atoms with van der Waals surface area (Å²) in [6, 6.07) is 12.0. The number of rotatable bonds is 3. The Bertz CT molecular complexity index is 1160. The van der Waals surface area contributed by atoms with Crippen molar-refractivity contribution in [3.63, 3.8) is 0 Å². The van der Waals surface area contributed by atoms with Crippen LogP contribution in [0.15, 0.2) is 42.5 Å². The topological polar surface area (TPSA) is 66.9 Å². The maximum atomic E-state index is 15.0. The van der Waals surface area contributed by atoms with Gasteiger partial charge in [-0.2, -0.15) is 0 Å². The molecule has 0 N–H and O–H groups in total. The lowest BCUT2D eigenvalue weighted by molar-refractivity contribution is -0.134. The molecule has 1 atom stereocenters. The molecule has 0 aromatic heterocycles. The third-order valence-electron chi connectivity index (χ3n) is 7.23. The molecule has 1 aliphatic carbocycles. The van der Waals surface area contributed by atoms with E-state index in [9.17, 15) is 14.4 Å². The highest BCUT2D eigenvalue weighted by atomic mass is 19.1. The molecule has 2 saturated heterocycles. The Morgan fingerprint density at radius 3 is 2.48 bits per heavy atom. The fourth-order valence-electron chi connectivity index (χ4n) is 5.28. The summed E-state index contributed by atoms with van der Waals surface area (Å²) in [5, 5.41) is 0. The van der Waals surface area contributed by atoms with E-state index in [4.69, 9.17) is 4.74 Å². The summed E-state index contributed by atoms with van der Waals surface area (Å²) in [6.07, 6.45) is 2.20. The molecule has 1 unspecified atom stereocenters. The molecular weight excluding hydrogens is 399 g/mol. The predicted octanol–water partition coefficient (Wildman–Crippen LogP) is 2.89. The Hall–Kier alpha value is -3.22. The molecular formula is C24H21FN2O4. The first-order valence-corrected chi connectivity index (χ1v) is 10.7. The summed E-state index contributed by atoms with van der Waals surface area (Å²) < 4.78 is 20.8. The number of amides is 2. The SMILES string of the molecule is O=C1OC2(CCN(C(=O)C3(c4ccc(N5CCC5=O)cc4F)CC3)C2)c2ccccc21. The monoisotopic (exact) mass is 420 g/mol. The molecule has 1 saturated carbocycles. The number of nitrogens with zero attached hydrogens (tertiary/aromatic N) is 2. The first kappa shape index (κ1) is 18.5. The van der Waals surface area contributed by atoms with Gasteiger partial charge in [-0.3, -0.25) is 9.59 Å². The number of carbonyl (C=O) groups is 3. The van der Waals surface area contributed by atoms with E-state index in [1.54, 1.807) is 34.1 Å². The number of likely N-dealkylation sites (tertiary alicyclic amines) is 1. The first-order valence-electron chi connectivity index (χ1n) is 10.7. The minimum Gasteiger partial charge on any atom is -0.449 e. The van der Waals surface area contributed by atoms with Crippen LogP contribution in [0.4, 0.5) is 10.1 Å². The minimum atomic E-state index is -0.866. The van der Waals surface area contributed by atoms with Crippen LogP contribution < -0.4 is 4.90 Å². The number of benzene rings is 2. The molecule has 158 valence electrons. The van der Waals surface area contributed by atoms with E-state index < -0.39 is 16.8 Å². The van der Waals surface area contributed by atoms with Crippen molar-refractivity contribution in [2.75, 3.05) is 24.5 Å². The normalized spacial score (nSPS) is 25.5. The number of ether oxygens (including phenoxy) is 1. The standard InChI is InChI=1S/C24H21FN2O4/c25-19-13-15(27-11-7-20(27)28)5-6-18(19)23(8-9-23)22(30)26-12-10-24(14-26)17-4-2-1-3-16(17)21(29)31-24/h1-6,13H,7-12,14H2. The molecule has 3 heterocycles. The van der Waals surface area contributed by atoms with Crippen molar-refractivity contribution in [3.05, 3.63) is 65.0 Å². The molecule has 3 aliphatic heterocycles. The van der Waals surface area contributed by atoms with Crippen molar-refractivity contribution < 1.29 is 23.5 Å². The van der Waals surface area contributed by atoms with Crippen molar-refractivity contribution in [2.24, 2.45) is 0 Å². The fourth-order valence-corrected chi connectivity index (χ4v) is 5.28. The van der Waals surface area contributed by atoms with Crippen LogP contribution in [0.25, 0.3) is 0 Å². The van der Waals surface area contributed by atoms with Crippen molar-refractivity contribution >= 4 is 23.5 Å². The zero-order valence-electron chi connectivity index (χ0n) is 16.9. The van der Waals surface area contributed by atoms with Gasteiger partial charge in [0.1, 0.15) is 5.82 Å². The molecule has 1 spiro atoms. The van der Waals surface area contributed by atoms with Gasteiger partial charge in [0.05, 0.1) is 17.5 Å². The first-order chi connectivity index (χ1) is 14.9. The zero-order valence-corrected chi connectivity index (χ0v) is 16.9. The summed E-state index contributed by atoms with van der Waals surface area (Å²) in [5.74, 6) is -0.933. The Morgan fingerprint density at radius 1 is 1.00 bits per heavy atom. The highest BCUT2D eigenvalue weighted by molar-refractivity contribution is 5.99. The molecule has 0 radical (unpaired) electrons. The van der Waals surface area contributed by atoms with E-state index in [2.05, 4.69) is 0 Å². The molecule has 6 rings (SSSR count).